The van der Waals surface area contributed by atoms with E-state index in [1.807, 2.05) is 42.5 Å². The second-order valence-corrected chi connectivity index (χ2v) is 6.63. The molecule has 0 aliphatic heterocycles. The fourth-order valence-electron chi connectivity index (χ4n) is 2.62. The minimum Gasteiger partial charge on any atom is -0.497 e. The molecule has 0 aliphatic carbocycles. The van der Waals surface area contributed by atoms with Gasteiger partial charge in [0, 0.05) is 35.8 Å². The summed E-state index contributed by atoms with van der Waals surface area (Å²) >= 11 is 1.39. The van der Waals surface area contributed by atoms with Crippen molar-refractivity contribution >= 4 is 38.4 Å². The Kier molecular flexibility index (Phi) is 4.03. The molecule has 25 heavy (non-hydrogen) atoms. The molecular formula is C19H15N3O2S. The molecule has 1 N–H and O–H groups in total. The molecule has 1 aromatic carbocycles. The highest BCUT2D eigenvalue weighted by atomic mass is 32.1. The number of pyridine rings is 2. The molecule has 0 radical (unpaired) electrons. The smallest absolute Gasteiger partial charge is 0.261 e. The first-order valence-electron chi connectivity index (χ1n) is 7.78. The molecule has 3 heterocycles. The maximum atomic E-state index is 12.4. The molecule has 0 bridgehead atoms. The van der Waals surface area contributed by atoms with Gasteiger partial charge < -0.3 is 10.1 Å². The Balaban J connectivity index is 1.61. The lowest BCUT2D eigenvalue weighted by molar-refractivity contribution is 0.0955. The number of aromatic nitrogens is 2. The van der Waals surface area contributed by atoms with Gasteiger partial charge in [0.05, 0.1) is 17.5 Å². The van der Waals surface area contributed by atoms with E-state index < -0.39 is 0 Å². The van der Waals surface area contributed by atoms with Crippen LogP contribution in [0.3, 0.4) is 0 Å². The van der Waals surface area contributed by atoms with Crippen LogP contribution in [-0.4, -0.2) is 23.0 Å². The summed E-state index contributed by atoms with van der Waals surface area (Å²) in [5.41, 5.74) is 1.82. The van der Waals surface area contributed by atoms with E-state index >= 15 is 0 Å². The summed E-state index contributed by atoms with van der Waals surface area (Å²) < 4.78 is 5.25. The van der Waals surface area contributed by atoms with Gasteiger partial charge in [-0.15, -0.1) is 11.3 Å². The Bertz CT molecular complexity index is 1060. The lowest BCUT2D eigenvalue weighted by atomic mass is 10.2. The molecule has 0 fully saturated rings. The summed E-state index contributed by atoms with van der Waals surface area (Å²) in [6, 6.07) is 13.5. The summed E-state index contributed by atoms with van der Waals surface area (Å²) in [6.45, 7) is 0.452. The number of nitrogens with zero attached hydrogens (tertiary/aromatic N) is 2. The van der Waals surface area contributed by atoms with Gasteiger partial charge in [-0.2, -0.15) is 0 Å². The Labute approximate surface area is 148 Å². The van der Waals surface area contributed by atoms with Crippen molar-refractivity contribution in [2.24, 2.45) is 0 Å². The number of rotatable bonds is 4. The first-order chi connectivity index (χ1) is 12.2. The van der Waals surface area contributed by atoms with Crippen LogP contribution in [0, 0.1) is 0 Å². The van der Waals surface area contributed by atoms with Crippen LogP contribution in [0.15, 0.2) is 54.9 Å². The third kappa shape index (κ3) is 3.16. The van der Waals surface area contributed by atoms with Crippen LogP contribution in [0.4, 0.5) is 0 Å². The van der Waals surface area contributed by atoms with E-state index in [1.54, 1.807) is 19.5 Å². The number of nitrogens with one attached hydrogen (secondary N) is 1. The molecular weight excluding hydrogens is 334 g/mol. The Morgan fingerprint density at radius 2 is 2.12 bits per heavy atom. The molecule has 0 unspecified atom stereocenters. The van der Waals surface area contributed by atoms with Gasteiger partial charge in [0.2, 0.25) is 0 Å². The Morgan fingerprint density at radius 1 is 1.20 bits per heavy atom. The molecule has 4 rings (SSSR count). The number of carbonyl (C=O) groups excluding carboxylic acids is 1. The van der Waals surface area contributed by atoms with Crippen molar-refractivity contribution in [3.05, 3.63) is 65.3 Å². The van der Waals surface area contributed by atoms with Crippen LogP contribution in [0.25, 0.3) is 21.1 Å². The fourth-order valence-corrected chi connectivity index (χ4v) is 3.56. The van der Waals surface area contributed by atoms with Gasteiger partial charge in [0.15, 0.2) is 0 Å². The van der Waals surface area contributed by atoms with Crippen LogP contribution in [-0.2, 0) is 6.54 Å². The van der Waals surface area contributed by atoms with Crippen LogP contribution in [0.1, 0.15) is 15.2 Å². The second-order valence-electron chi connectivity index (χ2n) is 5.60. The zero-order valence-corrected chi connectivity index (χ0v) is 14.3. The number of benzene rings is 1. The molecule has 124 valence electrons. The fraction of sp³-hybridized carbons (Fsp3) is 0.105. The number of amides is 1. The number of hydrogen-bond acceptors (Lipinski definition) is 5. The van der Waals surface area contributed by atoms with Gasteiger partial charge in [0.25, 0.3) is 5.91 Å². The Morgan fingerprint density at radius 3 is 2.92 bits per heavy atom. The van der Waals surface area contributed by atoms with E-state index in [-0.39, 0.29) is 5.91 Å². The molecule has 1 amide bonds. The largest absolute Gasteiger partial charge is 0.497 e. The average Bonchev–Trinajstić information content (AvgIpc) is 3.07. The minimum atomic E-state index is -0.103. The second kappa shape index (κ2) is 6.49. The van der Waals surface area contributed by atoms with E-state index in [2.05, 4.69) is 15.3 Å². The van der Waals surface area contributed by atoms with Crippen molar-refractivity contribution < 1.29 is 9.53 Å². The van der Waals surface area contributed by atoms with Crippen LogP contribution >= 0.6 is 11.3 Å². The summed E-state index contributed by atoms with van der Waals surface area (Å²) in [6.07, 6.45) is 3.45. The van der Waals surface area contributed by atoms with E-state index in [0.717, 1.165) is 32.4 Å². The van der Waals surface area contributed by atoms with Crippen LogP contribution in [0.2, 0.25) is 0 Å². The van der Waals surface area contributed by atoms with Gasteiger partial charge >= 0.3 is 0 Å². The topological polar surface area (TPSA) is 64.1 Å². The van der Waals surface area contributed by atoms with Gasteiger partial charge in [-0.25, -0.2) is 4.98 Å². The number of ether oxygens (including phenoxy) is 1. The Hall–Kier alpha value is -2.99. The lowest BCUT2D eigenvalue weighted by Gasteiger charge is -2.02. The number of methoxy groups -OCH3 is 1. The summed E-state index contributed by atoms with van der Waals surface area (Å²) in [4.78, 5) is 22.6. The predicted molar refractivity (Wildman–Crippen MR) is 99.1 cm³/mol. The van der Waals surface area contributed by atoms with Gasteiger partial charge in [-0.05, 0) is 35.9 Å². The zero-order valence-electron chi connectivity index (χ0n) is 13.5. The molecule has 6 heteroatoms. The normalized spacial score (nSPS) is 10.9. The first kappa shape index (κ1) is 15.5. The van der Waals surface area contributed by atoms with Crippen molar-refractivity contribution in [2.45, 2.75) is 6.54 Å². The molecule has 4 aromatic rings. The van der Waals surface area contributed by atoms with E-state index in [0.29, 0.717) is 11.4 Å². The summed E-state index contributed by atoms with van der Waals surface area (Å²) in [5, 5.41) is 4.91. The standard InChI is InChI=1S/C19H15N3O2S/c1-24-15-5-4-13-7-14-8-17(25-19(14)22-16(13)9-15)18(23)21-11-12-3-2-6-20-10-12/h2-10H,11H2,1H3,(H,21,23). The van der Waals surface area contributed by atoms with E-state index in [4.69, 9.17) is 4.74 Å². The van der Waals surface area contributed by atoms with Gasteiger partial charge in [0.1, 0.15) is 10.6 Å². The zero-order chi connectivity index (χ0) is 17.2. The van der Waals surface area contributed by atoms with Crippen molar-refractivity contribution in [1.29, 1.82) is 0 Å². The maximum Gasteiger partial charge on any atom is 0.261 e. The highest BCUT2D eigenvalue weighted by molar-refractivity contribution is 7.20. The molecule has 0 atom stereocenters. The molecule has 0 spiro atoms. The minimum absolute atomic E-state index is 0.103. The molecule has 3 aromatic heterocycles. The summed E-state index contributed by atoms with van der Waals surface area (Å²) in [5.74, 6) is 0.666. The van der Waals surface area contributed by atoms with E-state index in [9.17, 15) is 4.79 Å². The van der Waals surface area contributed by atoms with Gasteiger partial charge in [-0.3, -0.25) is 9.78 Å². The van der Waals surface area contributed by atoms with Gasteiger partial charge in [-0.1, -0.05) is 6.07 Å². The quantitative estimate of drug-likeness (QED) is 0.609. The molecule has 0 aliphatic rings. The maximum absolute atomic E-state index is 12.4. The molecule has 0 saturated heterocycles. The monoisotopic (exact) mass is 349 g/mol. The third-order valence-corrected chi connectivity index (χ3v) is 4.95. The molecule has 5 nitrogen and oxygen atoms in total. The number of carbonyl (C=O) groups is 1. The molecule has 0 saturated carbocycles. The number of hydrogen-bond donors (Lipinski definition) is 1. The van der Waals surface area contributed by atoms with Crippen LogP contribution < -0.4 is 10.1 Å². The van der Waals surface area contributed by atoms with Crippen LogP contribution in [0.5, 0.6) is 5.75 Å². The highest BCUT2D eigenvalue weighted by Gasteiger charge is 2.12. The highest BCUT2D eigenvalue weighted by Crippen LogP contribution is 2.29. The lowest BCUT2D eigenvalue weighted by Crippen LogP contribution is -2.21. The first-order valence-corrected chi connectivity index (χ1v) is 8.60. The van der Waals surface area contributed by atoms with Crippen molar-refractivity contribution in [1.82, 2.24) is 15.3 Å². The van der Waals surface area contributed by atoms with Crippen molar-refractivity contribution in [3.63, 3.8) is 0 Å². The number of fused-ring (bicyclic) bond motifs is 2. The summed E-state index contributed by atoms with van der Waals surface area (Å²) in [7, 11) is 1.63. The third-order valence-electron chi connectivity index (χ3n) is 3.91. The van der Waals surface area contributed by atoms with Crippen molar-refractivity contribution in [2.75, 3.05) is 7.11 Å². The number of thiophene rings is 1. The average molecular weight is 349 g/mol. The van der Waals surface area contributed by atoms with Crippen molar-refractivity contribution in [3.8, 4) is 5.75 Å². The SMILES string of the molecule is COc1ccc2cc3cc(C(=O)NCc4cccnc4)sc3nc2c1. The van der Waals surface area contributed by atoms with E-state index in [1.165, 1.54) is 11.3 Å². The predicted octanol–water partition coefficient (Wildman–Crippen LogP) is 3.78.